The summed E-state index contributed by atoms with van der Waals surface area (Å²) in [6.07, 6.45) is 1.65. The Morgan fingerprint density at radius 1 is 0.829 bits per heavy atom. The Morgan fingerprint density at radius 3 is 2.26 bits per heavy atom. The number of urea groups is 1. The van der Waals surface area contributed by atoms with Crippen LogP contribution in [-0.4, -0.2) is 37.5 Å². The van der Waals surface area contributed by atoms with Crippen molar-refractivity contribution in [1.82, 2.24) is 10.6 Å². The number of nitrogens with zero attached hydrogens (tertiary/aromatic N) is 2. The average Bonchev–Trinajstić information content (AvgIpc) is 2.88. The van der Waals surface area contributed by atoms with E-state index in [4.69, 9.17) is 0 Å². The topological polar surface area (TPSA) is 81.8 Å². The van der Waals surface area contributed by atoms with E-state index in [0.717, 1.165) is 18.4 Å². The molecule has 0 saturated heterocycles. The van der Waals surface area contributed by atoms with E-state index in [1.807, 2.05) is 30.3 Å². The summed E-state index contributed by atoms with van der Waals surface area (Å²) >= 11 is 0. The molecule has 0 fully saturated rings. The van der Waals surface area contributed by atoms with Crippen LogP contribution in [0.2, 0.25) is 0 Å². The molecule has 2 N–H and O–H groups in total. The highest BCUT2D eigenvalue weighted by atomic mass is 19.1. The summed E-state index contributed by atoms with van der Waals surface area (Å²) < 4.78 is 13.1. The lowest BCUT2D eigenvalue weighted by atomic mass is 10.1. The number of carbonyl (C=O) groups is 3. The van der Waals surface area contributed by atoms with Crippen molar-refractivity contribution in [2.75, 3.05) is 29.4 Å². The number of anilines is 2. The quantitative estimate of drug-likeness (QED) is 0.489. The van der Waals surface area contributed by atoms with Crippen molar-refractivity contribution in [1.29, 1.82) is 0 Å². The normalized spacial score (nSPS) is 12.8. The fourth-order valence-corrected chi connectivity index (χ4v) is 3.96. The standard InChI is InChI=1S/C27H27FN4O3/c28-22-14-12-21(13-15-22)17-30-27(35)32-19-26(34)31(23-10-4-5-11-24(23)32)18-25(33)29-16-6-9-20-7-2-1-3-8-20/h1-5,7-8,10-15H,6,9,16-19H2,(H,29,33)(H,30,35). The first-order valence-corrected chi connectivity index (χ1v) is 11.5. The minimum Gasteiger partial charge on any atom is -0.355 e. The smallest absolute Gasteiger partial charge is 0.322 e. The van der Waals surface area contributed by atoms with Crippen LogP contribution in [-0.2, 0) is 22.6 Å². The van der Waals surface area contributed by atoms with Crippen LogP contribution in [0.3, 0.4) is 0 Å². The number of hydrogen-bond donors (Lipinski definition) is 2. The minimum atomic E-state index is -0.444. The maximum absolute atomic E-state index is 13.1. The Balaban J connectivity index is 1.35. The van der Waals surface area contributed by atoms with Crippen molar-refractivity contribution in [3.8, 4) is 0 Å². The first kappa shape index (κ1) is 23.9. The molecule has 0 spiro atoms. The third-order valence-corrected chi connectivity index (χ3v) is 5.77. The number of carbonyl (C=O) groups excluding carboxylic acids is 3. The van der Waals surface area contributed by atoms with Gasteiger partial charge in [0.1, 0.15) is 18.9 Å². The molecule has 8 heteroatoms. The number of amides is 4. The van der Waals surface area contributed by atoms with Gasteiger partial charge < -0.3 is 10.6 Å². The van der Waals surface area contributed by atoms with Gasteiger partial charge >= 0.3 is 6.03 Å². The van der Waals surface area contributed by atoms with Crippen LogP contribution in [0, 0.1) is 5.82 Å². The Bertz CT molecular complexity index is 1180. The predicted octanol–water partition coefficient (Wildman–Crippen LogP) is 3.64. The van der Waals surface area contributed by atoms with Gasteiger partial charge in [0, 0.05) is 13.1 Å². The maximum Gasteiger partial charge on any atom is 0.322 e. The largest absolute Gasteiger partial charge is 0.355 e. The van der Waals surface area contributed by atoms with Crippen LogP contribution in [0.1, 0.15) is 17.5 Å². The van der Waals surface area contributed by atoms with Gasteiger partial charge in [-0.2, -0.15) is 0 Å². The van der Waals surface area contributed by atoms with Crippen LogP contribution in [0.25, 0.3) is 0 Å². The molecule has 1 aliphatic rings. The maximum atomic E-state index is 13.1. The number of para-hydroxylation sites is 2. The van der Waals surface area contributed by atoms with Crippen molar-refractivity contribution in [2.45, 2.75) is 19.4 Å². The van der Waals surface area contributed by atoms with Gasteiger partial charge in [-0.15, -0.1) is 0 Å². The molecule has 3 aromatic rings. The Kier molecular flexibility index (Phi) is 7.72. The Labute approximate surface area is 203 Å². The molecule has 4 rings (SSSR count). The number of halogens is 1. The lowest BCUT2D eigenvalue weighted by Gasteiger charge is -2.35. The fourth-order valence-electron chi connectivity index (χ4n) is 3.96. The van der Waals surface area contributed by atoms with Gasteiger partial charge in [0.2, 0.25) is 11.8 Å². The first-order valence-electron chi connectivity index (χ1n) is 11.5. The SMILES string of the molecule is O=C(CN1C(=O)CN(C(=O)NCc2ccc(F)cc2)c2ccccc21)NCCCc1ccccc1. The summed E-state index contributed by atoms with van der Waals surface area (Å²) in [6, 6.07) is 22.4. The molecular formula is C27H27FN4O3. The first-order chi connectivity index (χ1) is 17.0. The average molecular weight is 475 g/mol. The number of rotatable bonds is 8. The Morgan fingerprint density at radius 2 is 1.51 bits per heavy atom. The molecule has 0 saturated carbocycles. The second-order valence-electron chi connectivity index (χ2n) is 8.28. The number of hydrogen-bond acceptors (Lipinski definition) is 3. The Hall–Kier alpha value is -4.20. The lowest BCUT2D eigenvalue weighted by Crippen LogP contribution is -2.53. The molecule has 0 atom stereocenters. The van der Waals surface area contributed by atoms with Gasteiger partial charge in [-0.25, -0.2) is 9.18 Å². The van der Waals surface area contributed by atoms with Crippen molar-refractivity contribution in [2.24, 2.45) is 0 Å². The summed E-state index contributed by atoms with van der Waals surface area (Å²) in [5.41, 5.74) is 2.99. The second kappa shape index (κ2) is 11.3. The number of fused-ring (bicyclic) bond motifs is 1. The third-order valence-electron chi connectivity index (χ3n) is 5.77. The zero-order valence-corrected chi connectivity index (χ0v) is 19.2. The van der Waals surface area contributed by atoms with Crippen molar-refractivity contribution in [3.05, 3.63) is 95.8 Å². The molecule has 1 heterocycles. The fraction of sp³-hybridized carbons (Fsp3) is 0.222. The van der Waals surface area contributed by atoms with Gasteiger partial charge in [0.05, 0.1) is 11.4 Å². The van der Waals surface area contributed by atoms with Gasteiger partial charge in [-0.05, 0) is 48.2 Å². The molecule has 180 valence electrons. The van der Waals surface area contributed by atoms with E-state index >= 15 is 0 Å². The van der Waals surface area contributed by atoms with Gasteiger partial charge in [0.25, 0.3) is 0 Å². The zero-order chi connectivity index (χ0) is 24.6. The van der Waals surface area contributed by atoms with Crippen molar-refractivity contribution in [3.63, 3.8) is 0 Å². The summed E-state index contributed by atoms with van der Waals surface area (Å²) in [5, 5.41) is 5.64. The van der Waals surface area contributed by atoms with Crippen LogP contribution in [0.5, 0.6) is 0 Å². The van der Waals surface area contributed by atoms with Crippen molar-refractivity contribution >= 4 is 29.2 Å². The molecule has 0 aromatic heterocycles. The summed E-state index contributed by atoms with van der Waals surface area (Å²) in [6.45, 7) is 0.399. The van der Waals surface area contributed by atoms with E-state index in [1.54, 1.807) is 36.4 Å². The van der Waals surface area contributed by atoms with Crippen LogP contribution in [0.15, 0.2) is 78.9 Å². The number of benzene rings is 3. The van der Waals surface area contributed by atoms with Crippen LogP contribution < -0.4 is 20.4 Å². The molecule has 1 aliphatic heterocycles. The minimum absolute atomic E-state index is 0.119. The highest BCUT2D eigenvalue weighted by Crippen LogP contribution is 2.33. The summed E-state index contributed by atoms with van der Waals surface area (Å²) in [4.78, 5) is 41.1. The van der Waals surface area contributed by atoms with Crippen molar-refractivity contribution < 1.29 is 18.8 Å². The molecule has 7 nitrogen and oxygen atoms in total. The second-order valence-corrected chi connectivity index (χ2v) is 8.28. The third kappa shape index (κ3) is 6.23. The highest BCUT2D eigenvalue weighted by molar-refractivity contribution is 6.12. The van der Waals surface area contributed by atoms with E-state index in [9.17, 15) is 18.8 Å². The number of aryl methyl sites for hydroxylation is 1. The van der Waals surface area contributed by atoms with Gasteiger partial charge in [0.15, 0.2) is 0 Å². The zero-order valence-electron chi connectivity index (χ0n) is 19.2. The summed E-state index contributed by atoms with van der Waals surface area (Å²) in [5.74, 6) is -0.952. The van der Waals surface area contributed by atoms with E-state index in [0.29, 0.717) is 17.9 Å². The van der Waals surface area contributed by atoms with Gasteiger partial charge in [-0.3, -0.25) is 19.4 Å². The molecule has 0 radical (unpaired) electrons. The molecule has 4 amide bonds. The van der Waals surface area contributed by atoms with E-state index < -0.39 is 6.03 Å². The van der Waals surface area contributed by atoms with E-state index in [1.165, 1.54) is 27.5 Å². The molecular weight excluding hydrogens is 447 g/mol. The van der Waals surface area contributed by atoms with Crippen LogP contribution in [0.4, 0.5) is 20.6 Å². The lowest BCUT2D eigenvalue weighted by molar-refractivity contribution is -0.123. The van der Waals surface area contributed by atoms with E-state index in [2.05, 4.69) is 10.6 Å². The summed E-state index contributed by atoms with van der Waals surface area (Å²) in [7, 11) is 0. The number of nitrogens with one attached hydrogen (secondary N) is 2. The molecule has 0 unspecified atom stereocenters. The molecule has 35 heavy (non-hydrogen) atoms. The molecule has 0 aliphatic carbocycles. The molecule has 0 bridgehead atoms. The van der Waals surface area contributed by atoms with Gasteiger partial charge in [-0.1, -0.05) is 54.6 Å². The monoisotopic (exact) mass is 474 g/mol. The molecule has 3 aromatic carbocycles. The van der Waals surface area contributed by atoms with Crippen LogP contribution >= 0.6 is 0 Å². The van der Waals surface area contributed by atoms with E-state index in [-0.39, 0.29) is 37.3 Å². The highest BCUT2D eigenvalue weighted by Gasteiger charge is 2.33. The predicted molar refractivity (Wildman–Crippen MR) is 133 cm³/mol.